The predicted octanol–water partition coefficient (Wildman–Crippen LogP) is 4.42. The van der Waals surface area contributed by atoms with Crippen molar-refractivity contribution in [2.24, 2.45) is 11.8 Å². The molecule has 1 N–H and O–H groups in total. The Morgan fingerprint density at radius 2 is 2.04 bits per heavy atom. The third kappa shape index (κ3) is 3.13. The van der Waals surface area contributed by atoms with Crippen LogP contribution in [-0.4, -0.2) is 21.7 Å². The maximum atomic E-state index is 13.2. The first-order valence-electron chi connectivity index (χ1n) is 10.1. The Kier molecular flexibility index (Phi) is 5.00. The van der Waals surface area contributed by atoms with E-state index < -0.39 is 6.04 Å². The van der Waals surface area contributed by atoms with E-state index in [1.165, 1.54) is 11.1 Å². The van der Waals surface area contributed by atoms with Gasteiger partial charge in [-0.1, -0.05) is 44.9 Å². The van der Waals surface area contributed by atoms with E-state index in [2.05, 4.69) is 24.3 Å². The molecule has 3 aromatic rings. The van der Waals surface area contributed by atoms with Crippen molar-refractivity contribution in [2.45, 2.75) is 59.0 Å². The maximum absolute atomic E-state index is 13.2. The quantitative estimate of drug-likeness (QED) is 0.711. The minimum Gasteiger partial charge on any atom is -0.351 e. The number of carbonyl (C=O) groups excluding carboxylic acids is 1. The molecular formula is C22H27N3O2S. The van der Waals surface area contributed by atoms with E-state index in [9.17, 15) is 9.59 Å². The van der Waals surface area contributed by atoms with E-state index in [1.54, 1.807) is 18.3 Å². The number of aromatic nitrogens is 2. The Bertz CT molecular complexity index is 1100. The second-order valence-corrected chi connectivity index (χ2v) is 9.25. The Balaban J connectivity index is 1.70. The lowest BCUT2D eigenvalue weighted by molar-refractivity contribution is -0.125. The van der Waals surface area contributed by atoms with Crippen LogP contribution in [0.25, 0.3) is 20.2 Å². The molecule has 5 nitrogen and oxygen atoms in total. The lowest BCUT2D eigenvalue weighted by Gasteiger charge is -2.35. The first-order chi connectivity index (χ1) is 13.4. The molecule has 0 bridgehead atoms. The van der Waals surface area contributed by atoms with Crippen molar-refractivity contribution in [3.8, 4) is 0 Å². The molecule has 4 unspecified atom stereocenters. The van der Waals surface area contributed by atoms with E-state index >= 15 is 0 Å². The molecule has 6 heteroatoms. The number of fused-ring (bicyclic) bond motifs is 3. The van der Waals surface area contributed by atoms with Gasteiger partial charge in [-0.25, -0.2) is 4.68 Å². The molecule has 0 spiro atoms. The fraction of sp³-hybridized carbons (Fsp3) is 0.500. The Morgan fingerprint density at radius 3 is 2.82 bits per heavy atom. The van der Waals surface area contributed by atoms with Crippen molar-refractivity contribution in [3.05, 3.63) is 40.3 Å². The number of rotatable bonds is 3. The van der Waals surface area contributed by atoms with Crippen LogP contribution in [0.4, 0.5) is 0 Å². The van der Waals surface area contributed by atoms with Gasteiger partial charge in [-0.2, -0.15) is 5.10 Å². The molecule has 1 aliphatic rings. The van der Waals surface area contributed by atoms with Gasteiger partial charge in [0, 0.05) is 16.1 Å². The molecule has 2 aromatic heterocycles. The van der Waals surface area contributed by atoms with Gasteiger partial charge in [-0.3, -0.25) is 9.59 Å². The fourth-order valence-corrected chi connectivity index (χ4v) is 5.48. The van der Waals surface area contributed by atoms with E-state index in [-0.39, 0.29) is 17.5 Å². The van der Waals surface area contributed by atoms with Crippen molar-refractivity contribution < 1.29 is 4.79 Å². The number of nitrogens with one attached hydrogen (secondary N) is 1. The second kappa shape index (κ2) is 7.32. The van der Waals surface area contributed by atoms with Gasteiger partial charge in [-0.15, -0.1) is 11.3 Å². The van der Waals surface area contributed by atoms with Crippen LogP contribution in [0.1, 0.15) is 51.8 Å². The normalized spacial score (nSPS) is 23.8. The summed E-state index contributed by atoms with van der Waals surface area (Å²) in [5.74, 6) is 0.921. The van der Waals surface area contributed by atoms with Crippen LogP contribution in [0.5, 0.6) is 0 Å². The number of hydrogen-bond donors (Lipinski definition) is 1. The van der Waals surface area contributed by atoms with Crippen LogP contribution < -0.4 is 10.9 Å². The number of amides is 1. The maximum Gasteiger partial charge on any atom is 0.276 e. The smallest absolute Gasteiger partial charge is 0.276 e. The number of hydrogen-bond acceptors (Lipinski definition) is 4. The second-order valence-electron chi connectivity index (χ2n) is 8.20. The lowest BCUT2D eigenvalue weighted by Crippen LogP contribution is -2.47. The van der Waals surface area contributed by atoms with E-state index in [4.69, 9.17) is 0 Å². The van der Waals surface area contributed by atoms with Gasteiger partial charge in [-0.05, 0) is 38.2 Å². The molecule has 1 aromatic carbocycles. The van der Waals surface area contributed by atoms with E-state index in [1.807, 2.05) is 31.2 Å². The number of aryl methyl sites for hydroxylation is 1. The largest absolute Gasteiger partial charge is 0.351 e. The number of benzene rings is 1. The molecule has 1 amide bonds. The Hall–Kier alpha value is -2.21. The molecule has 1 saturated carbocycles. The number of carbonyl (C=O) groups is 1. The molecule has 1 aliphatic carbocycles. The van der Waals surface area contributed by atoms with Crippen molar-refractivity contribution in [3.63, 3.8) is 0 Å². The third-order valence-corrected chi connectivity index (χ3v) is 7.66. The lowest BCUT2D eigenvalue weighted by atomic mass is 9.78. The highest BCUT2D eigenvalue weighted by Gasteiger charge is 2.30. The summed E-state index contributed by atoms with van der Waals surface area (Å²) >= 11 is 1.58. The summed E-state index contributed by atoms with van der Waals surface area (Å²) in [7, 11) is 0. The zero-order valence-electron chi connectivity index (χ0n) is 16.9. The summed E-state index contributed by atoms with van der Waals surface area (Å²) < 4.78 is 3.34. The number of thiophene rings is 1. The summed E-state index contributed by atoms with van der Waals surface area (Å²) in [6.45, 7) is 8.12. The van der Waals surface area contributed by atoms with Crippen molar-refractivity contribution in [1.29, 1.82) is 0 Å². The van der Waals surface area contributed by atoms with Gasteiger partial charge in [0.05, 0.1) is 15.8 Å². The first-order valence-corrected chi connectivity index (χ1v) is 10.9. The summed E-state index contributed by atoms with van der Waals surface area (Å²) in [4.78, 5) is 26.2. The van der Waals surface area contributed by atoms with Crippen molar-refractivity contribution in [1.82, 2.24) is 15.1 Å². The topological polar surface area (TPSA) is 64.0 Å². The fourth-order valence-electron chi connectivity index (χ4n) is 4.34. The molecule has 148 valence electrons. The molecular weight excluding hydrogens is 370 g/mol. The average Bonchev–Trinajstić information content (AvgIpc) is 3.08. The first kappa shape index (κ1) is 19.1. The monoisotopic (exact) mass is 397 g/mol. The molecule has 0 saturated heterocycles. The minimum absolute atomic E-state index is 0.126. The molecule has 4 atom stereocenters. The van der Waals surface area contributed by atoms with Crippen LogP contribution in [0, 0.1) is 18.8 Å². The van der Waals surface area contributed by atoms with Crippen molar-refractivity contribution in [2.75, 3.05) is 0 Å². The molecule has 4 rings (SSSR count). The van der Waals surface area contributed by atoms with Crippen molar-refractivity contribution >= 4 is 37.4 Å². The highest BCUT2D eigenvalue weighted by molar-refractivity contribution is 7.26. The SMILES string of the molecule is Cc1nn(C(C)C(=O)NC2CCCC(C)C2C)c(=O)c2c1sc1ccccc12. The Morgan fingerprint density at radius 1 is 1.29 bits per heavy atom. The third-order valence-electron chi connectivity index (χ3n) is 6.38. The van der Waals surface area contributed by atoms with Crippen LogP contribution in [-0.2, 0) is 4.79 Å². The van der Waals surface area contributed by atoms with Crippen LogP contribution in [0.2, 0.25) is 0 Å². The standard InChI is InChI=1S/C22H27N3O2S/c1-12-8-7-10-17(13(12)2)23-21(26)15(4)25-22(27)19-16-9-5-6-11-18(16)28-20(19)14(3)24-25/h5-6,9,11-13,15,17H,7-8,10H2,1-4H3,(H,23,26). The van der Waals surface area contributed by atoms with Crippen LogP contribution in [0.15, 0.2) is 29.1 Å². The van der Waals surface area contributed by atoms with Gasteiger partial charge >= 0.3 is 0 Å². The molecule has 0 aliphatic heterocycles. The van der Waals surface area contributed by atoms with E-state index in [0.29, 0.717) is 17.2 Å². The van der Waals surface area contributed by atoms with Crippen LogP contribution in [0.3, 0.4) is 0 Å². The summed E-state index contributed by atoms with van der Waals surface area (Å²) in [5.41, 5.74) is 0.598. The number of nitrogens with zero attached hydrogens (tertiary/aromatic N) is 2. The molecule has 28 heavy (non-hydrogen) atoms. The van der Waals surface area contributed by atoms with Gasteiger partial charge in [0.1, 0.15) is 6.04 Å². The van der Waals surface area contributed by atoms with Gasteiger partial charge in [0.25, 0.3) is 5.56 Å². The summed E-state index contributed by atoms with van der Waals surface area (Å²) in [5, 5.41) is 9.30. The van der Waals surface area contributed by atoms with E-state index in [0.717, 1.165) is 33.3 Å². The predicted molar refractivity (Wildman–Crippen MR) is 115 cm³/mol. The molecule has 1 fully saturated rings. The Labute approximate surface area is 168 Å². The minimum atomic E-state index is -0.640. The van der Waals surface area contributed by atoms with Crippen LogP contribution >= 0.6 is 11.3 Å². The molecule has 0 radical (unpaired) electrons. The zero-order chi connectivity index (χ0) is 20.0. The zero-order valence-corrected chi connectivity index (χ0v) is 17.7. The summed E-state index contributed by atoms with van der Waals surface area (Å²) in [6, 6.07) is 7.43. The van der Waals surface area contributed by atoms with Gasteiger partial charge in [0.2, 0.25) is 5.91 Å². The van der Waals surface area contributed by atoms with Gasteiger partial charge in [0.15, 0.2) is 0 Å². The average molecular weight is 398 g/mol. The molecule has 2 heterocycles. The summed E-state index contributed by atoms with van der Waals surface area (Å²) in [6.07, 6.45) is 3.35. The van der Waals surface area contributed by atoms with Gasteiger partial charge < -0.3 is 5.32 Å². The highest BCUT2D eigenvalue weighted by Crippen LogP contribution is 2.33. The highest BCUT2D eigenvalue weighted by atomic mass is 32.1.